The predicted molar refractivity (Wildman–Crippen MR) is 120 cm³/mol. The molecule has 1 atom stereocenters. The largest absolute Gasteiger partial charge is 0.497 e. The van der Waals surface area contributed by atoms with E-state index in [0.29, 0.717) is 17.2 Å². The predicted octanol–water partition coefficient (Wildman–Crippen LogP) is 3.00. The molecular formula is C22H24N4O5S. The van der Waals surface area contributed by atoms with Crippen molar-refractivity contribution >= 4 is 21.8 Å². The summed E-state index contributed by atoms with van der Waals surface area (Å²) in [7, 11) is -2.33. The molecule has 0 fully saturated rings. The Labute approximate surface area is 186 Å². The van der Waals surface area contributed by atoms with Gasteiger partial charge in [-0.3, -0.25) is 4.79 Å². The molecule has 0 radical (unpaired) electrons. The second kappa shape index (κ2) is 9.75. The number of hydrogen-bond donors (Lipinski definition) is 3. The Morgan fingerprint density at radius 1 is 1.12 bits per heavy atom. The van der Waals surface area contributed by atoms with Gasteiger partial charge in [-0.05, 0) is 43.7 Å². The van der Waals surface area contributed by atoms with Crippen molar-refractivity contribution in [2.45, 2.75) is 24.8 Å². The Morgan fingerprint density at radius 2 is 1.88 bits per heavy atom. The van der Waals surface area contributed by atoms with Crippen LogP contribution in [-0.2, 0) is 14.8 Å². The first-order chi connectivity index (χ1) is 15.2. The molecule has 0 aliphatic heterocycles. The zero-order valence-electron chi connectivity index (χ0n) is 17.9. The third-order valence-corrected chi connectivity index (χ3v) is 6.05. The lowest BCUT2D eigenvalue weighted by Gasteiger charge is -2.17. The van der Waals surface area contributed by atoms with Gasteiger partial charge in [-0.1, -0.05) is 24.3 Å². The Hall–Kier alpha value is -3.50. The molecule has 3 aromatic rings. The summed E-state index contributed by atoms with van der Waals surface area (Å²) < 4.78 is 32.0. The molecule has 0 bridgehead atoms. The van der Waals surface area contributed by atoms with Gasteiger partial charge in [0.15, 0.2) is 0 Å². The highest BCUT2D eigenvalue weighted by Crippen LogP contribution is 2.26. The zero-order chi connectivity index (χ0) is 23.3. The number of nitrogens with zero attached hydrogens (tertiary/aromatic N) is 2. The van der Waals surface area contributed by atoms with Crippen LogP contribution in [0.3, 0.4) is 0 Å². The van der Waals surface area contributed by atoms with Crippen molar-refractivity contribution in [1.82, 2.24) is 14.7 Å². The standard InChI is InChI=1S/C22H24N4O5S/c1-14(16-6-5-9-19(11-16)32(29,30)23-13-22(27)28)24-21-12-20(25-15(2)26-21)17-7-4-8-18(10-17)31-3/h4-12,14,23H,13H2,1-3H3,(H,27,28)(H,24,25,26). The van der Waals surface area contributed by atoms with Gasteiger partial charge in [-0.2, -0.15) is 4.72 Å². The van der Waals surface area contributed by atoms with Crippen LogP contribution < -0.4 is 14.8 Å². The van der Waals surface area contributed by atoms with Crippen molar-refractivity contribution in [2.24, 2.45) is 0 Å². The number of anilines is 1. The van der Waals surface area contributed by atoms with E-state index in [1.807, 2.05) is 37.3 Å². The van der Waals surface area contributed by atoms with Gasteiger partial charge in [0.1, 0.15) is 23.9 Å². The number of carboxylic acids is 1. The molecule has 0 aliphatic carbocycles. The minimum absolute atomic E-state index is 0.0131. The molecule has 9 nitrogen and oxygen atoms in total. The second-order valence-electron chi connectivity index (χ2n) is 7.07. The van der Waals surface area contributed by atoms with E-state index >= 15 is 0 Å². The minimum atomic E-state index is -3.94. The van der Waals surface area contributed by atoms with Crippen molar-refractivity contribution in [1.29, 1.82) is 0 Å². The Bertz CT molecular complexity index is 1230. The molecule has 0 amide bonds. The summed E-state index contributed by atoms with van der Waals surface area (Å²) in [6, 6.07) is 15.4. The number of benzene rings is 2. The topological polar surface area (TPSA) is 131 Å². The lowest BCUT2D eigenvalue weighted by molar-refractivity contribution is -0.135. The number of ether oxygens (including phenoxy) is 1. The SMILES string of the molecule is COc1cccc(-c2cc(NC(C)c3cccc(S(=O)(=O)NCC(=O)O)c3)nc(C)n2)c1. The van der Waals surface area contributed by atoms with E-state index in [9.17, 15) is 13.2 Å². The molecular weight excluding hydrogens is 432 g/mol. The maximum atomic E-state index is 12.3. The number of rotatable bonds is 9. The number of sulfonamides is 1. The van der Waals surface area contributed by atoms with Gasteiger partial charge >= 0.3 is 5.97 Å². The third kappa shape index (κ3) is 5.80. The van der Waals surface area contributed by atoms with Gasteiger partial charge in [0.05, 0.1) is 17.7 Å². The molecule has 0 spiro atoms. The van der Waals surface area contributed by atoms with Crippen LogP contribution in [-0.4, -0.2) is 43.1 Å². The minimum Gasteiger partial charge on any atom is -0.497 e. The van der Waals surface area contributed by atoms with Gasteiger partial charge in [-0.15, -0.1) is 0 Å². The zero-order valence-corrected chi connectivity index (χ0v) is 18.7. The Morgan fingerprint density at radius 3 is 2.59 bits per heavy atom. The van der Waals surface area contributed by atoms with E-state index in [1.54, 1.807) is 26.2 Å². The van der Waals surface area contributed by atoms with E-state index in [4.69, 9.17) is 9.84 Å². The molecule has 0 saturated carbocycles. The van der Waals surface area contributed by atoms with Gasteiger partial charge in [0, 0.05) is 17.7 Å². The van der Waals surface area contributed by atoms with E-state index in [1.165, 1.54) is 12.1 Å². The van der Waals surface area contributed by atoms with Gasteiger partial charge in [-0.25, -0.2) is 18.4 Å². The van der Waals surface area contributed by atoms with E-state index < -0.39 is 22.5 Å². The fourth-order valence-electron chi connectivity index (χ4n) is 3.07. The first kappa shape index (κ1) is 23.2. The quantitative estimate of drug-likeness (QED) is 0.448. The van der Waals surface area contributed by atoms with Gasteiger partial charge < -0.3 is 15.2 Å². The third-order valence-electron chi connectivity index (χ3n) is 4.65. The molecule has 1 unspecified atom stereocenters. The lowest BCUT2D eigenvalue weighted by atomic mass is 10.1. The average molecular weight is 457 g/mol. The van der Waals surface area contributed by atoms with Crippen LogP contribution in [0.2, 0.25) is 0 Å². The van der Waals surface area contributed by atoms with Crippen LogP contribution in [0.1, 0.15) is 24.4 Å². The number of aromatic nitrogens is 2. The molecule has 1 aromatic heterocycles. The smallest absolute Gasteiger partial charge is 0.318 e. The molecule has 0 aliphatic rings. The maximum Gasteiger partial charge on any atom is 0.318 e. The van der Waals surface area contributed by atoms with Crippen LogP contribution in [0.5, 0.6) is 5.75 Å². The number of aryl methyl sites for hydroxylation is 1. The van der Waals surface area contributed by atoms with Crippen molar-refractivity contribution in [3.63, 3.8) is 0 Å². The van der Waals surface area contributed by atoms with Crippen LogP contribution >= 0.6 is 0 Å². The molecule has 10 heteroatoms. The molecule has 3 rings (SSSR count). The number of carboxylic acid groups (broad SMARTS) is 1. The lowest BCUT2D eigenvalue weighted by Crippen LogP contribution is -2.29. The number of aliphatic carboxylic acids is 1. The van der Waals surface area contributed by atoms with Crippen LogP contribution in [0, 0.1) is 6.92 Å². The maximum absolute atomic E-state index is 12.3. The van der Waals surface area contributed by atoms with Crippen molar-refractivity contribution in [2.75, 3.05) is 19.0 Å². The van der Waals surface area contributed by atoms with Gasteiger partial charge in [0.2, 0.25) is 10.0 Å². The highest BCUT2D eigenvalue weighted by Gasteiger charge is 2.17. The first-order valence-corrected chi connectivity index (χ1v) is 11.2. The molecule has 0 saturated heterocycles. The molecule has 2 aromatic carbocycles. The highest BCUT2D eigenvalue weighted by atomic mass is 32.2. The number of carbonyl (C=O) groups is 1. The van der Waals surface area contributed by atoms with Crippen molar-refractivity contribution < 1.29 is 23.1 Å². The monoisotopic (exact) mass is 456 g/mol. The van der Waals surface area contributed by atoms with Crippen LogP contribution in [0.25, 0.3) is 11.3 Å². The molecule has 168 valence electrons. The van der Waals surface area contributed by atoms with Crippen LogP contribution in [0.4, 0.5) is 5.82 Å². The normalized spacial score (nSPS) is 12.2. The summed E-state index contributed by atoms with van der Waals surface area (Å²) in [6.45, 7) is 2.98. The van der Waals surface area contributed by atoms with Crippen LogP contribution in [0.15, 0.2) is 59.5 Å². The van der Waals surface area contributed by atoms with Crippen molar-refractivity contribution in [3.8, 4) is 17.0 Å². The molecule has 3 N–H and O–H groups in total. The van der Waals surface area contributed by atoms with E-state index in [0.717, 1.165) is 17.0 Å². The first-order valence-electron chi connectivity index (χ1n) is 9.76. The Balaban J connectivity index is 1.84. The summed E-state index contributed by atoms with van der Waals surface area (Å²) in [5, 5.41) is 12.0. The summed E-state index contributed by atoms with van der Waals surface area (Å²) in [4.78, 5) is 19.6. The number of methoxy groups -OCH3 is 1. The average Bonchev–Trinajstić information content (AvgIpc) is 2.77. The van der Waals surface area contributed by atoms with Crippen molar-refractivity contribution in [3.05, 3.63) is 66.0 Å². The fourth-order valence-corrected chi connectivity index (χ4v) is 4.10. The fraction of sp³-hybridized carbons (Fsp3) is 0.227. The Kier molecular flexibility index (Phi) is 7.06. The second-order valence-corrected chi connectivity index (χ2v) is 8.84. The van der Waals surface area contributed by atoms with Gasteiger partial charge in [0.25, 0.3) is 0 Å². The molecule has 32 heavy (non-hydrogen) atoms. The summed E-state index contributed by atoms with van der Waals surface area (Å²) >= 11 is 0. The van der Waals surface area contributed by atoms with E-state index in [-0.39, 0.29) is 10.9 Å². The summed E-state index contributed by atoms with van der Waals surface area (Å²) in [5.74, 6) is 0.621. The molecule has 1 heterocycles. The summed E-state index contributed by atoms with van der Waals surface area (Å²) in [5.41, 5.74) is 2.30. The van der Waals surface area contributed by atoms with E-state index in [2.05, 4.69) is 20.0 Å². The highest BCUT2D eigenvalue weighted by molar-refractivity contribution is 7.89. The summed E-state index contributed by atoms with van der Waals surface area (Å²) in [6.07, 6.45) is 0. The number of hydrogen-bond acceptors (Lipinski definition) is 7. The number of nitrogens with one attached hydrogen (secondary N) is 2.